The van der Waals surface area contributed by atoms with Gasteiger partial charge in [-0.2, -0.15) is 0 Å². The first-order valence-electron chi connectivity index (χ1n) is 6.92. The summed E-state index contributed by atoms with van der Waals surface area (Å²) in [4.78, 5) is 4.11. The van der Waals surface area contributed by atoms with Crippen molar-refractivity contribution in [1.29, 1.82) is 0 Å². The van der Waals surface area contributed by atoms with Crippen LogP contribution in [0.5, 0.6) is 5.75 Å². The highest BCUT2D eigenvalue weighted by Gasteiger charge is 2.22. The summed E-state index contributed by atoms with van der Waals surface area (Å²) in [7, 11) is 1.72. The van der Waals surface area contributed by atoms with E-state index in [1.54, 1.807) is 7.05 Å². The zero-order valence-electron chi connectivity index (χ0n) is 11.9. The van der Waals surface area contributed by atoms with Crippen LogP contribution in [-0.4, -0.2) is 26.2 Å². The maximum absolute atomic E-state index is 5.88. The van der Waals surface area contributed by atoms with Gasteiger partial charge < -0.3 is 15.4 Å². The van der Waals surface area contributed by atoms with Gasteiger partial charge >= 0.3 is 0 Å². The van der Waals surface area contributed by atoms with Crippen molar-refractivity contribution < 1.29 is 4.74 Å². The summed E-state index contributed by atoms with van der Waals surface area (Å²) in [5.74, 6) is 4.91. The van der Waals surface area contributed by atoms with Crippen LogP contribution in [-0.2, 0) is 6.54 Å². The van der Waals surface area contributed by atoms with E-state index in [9.17, 15) is 0 Å². The molecule has 0 aromatic heterocycles. The second-order valence-electron chi connectivity index (χ2n) is 4.85. The maximum atomic E-state index is 5.88. The minimum Gasteiger partial charge on any atom is -0.493 e. The Bertz CT molecular complexity index is 501. The fourth-order valence-electron chi connectivity index (χ4n) is 1.82. The van der Waals surface area contributed by atoms with Crippen LogP contribution >= 0.6 is 0 Å². The van der Waals surface area contributed by atoms with Crippen molar-refractivity contribution in [3.05, 3.63) is 29.8 Å². The van der Waals surface area contributed by atoms with E-state index in [1.165, 1.54) is 12.8 Å². The number of terminal acetylenes is 1. The number of guanidine groups is 1. The van der Waals surface area contributed by atoms with E-state index in [0.29, 0.717) is 19.0 Å². The molecule has 0 bridgehead atoms. The van der Waals surface area contributed by atoms with Crippen LogP contribution in [0.25, 0.3) is 0 Å². The Morgan fingerprint density at radius 2 is 2.20 bits per heavy atom. The molecule has 0 radical (unpaired) electrons. The van der Waals surface area contributed by atoms with Gasteiger partial charge in [0.1, 0.15) is 5.75 Å². The van der Waals surface area contributed by atoms with Crippen molar-refractivity contribution in [1.82, 2.24) is 10.6 Å². The first-order chi connectivity index (χ1) is 9.83. The van der Waals surface area contributed by atoms with Crippen LogP contribution in [0.2, 0.25) is 0 Å². The van der Waals surface area contributed by atoms with Crippen LogP contribution in [0.1, 0.15) is 18.4 Å². The number of ether oxygens (including phenoxy) is 1. The Morgan fingerprint density at radius 3 is 2.90 bits per heavy atom. The Hall–Kier alpha value is -2.15. The predicted molar refractivity (Wildman–Crippen MR) is 81.7 cm³/mol. The molecule has 4 heteroatoms. The largest absolute Gasteiger partial charge is 0.493 e. The quantitative estimate of drug-likeness (QED) is 0.471. The Morgan fingerprint density at radius 1 is 1.40 bits per heavy atom. The summed E-state index contributed by atoms with van der Waals surface area (Å²) in [6.45, 7) is 1.94. The number of aliphatic imine (C=N–C) groups is 1. The van der Waals surface area contributed by atoms with Crippen LogP contribution in [0.4, 0.5) is 0 Å². The standard InChI is InChI=1S/C16H21N3O/c1-3-10-18-16(17-2)19-11-14-6-4-5-7-15(14)20-12-13-8-9-13/h1,4-7,13H,8-12H2,2H3,(H2,17,18,19). The Labute approximate surface area is 120 Å². The van der Waals surface area contributed by atoms with E-state index >= 15 is 0 Å². The number of nitrogens with one attached hydrogen (secondary N) is 2. The van der Waals surface area contributed by atoms with E-state index in [1.807, 2.05) is 18.2 Å². The third-order valence-electron chi connectivity index (χ3n) is 3.17. The smallest absolute Gasteiger partial charge is 0.192 e. The lowest BCUT2D eigenvalue weighted by atomic mass is 10.2. The van der Waals surface area contributed by atoms with Gasteiger partial charge in [-0.1, -0.05) is 24.1 Å². The summed E-state index contributed by atoms with van der Waals surface area (Å²) in [5.41, 5.74) is 1.12. The molecule has 0 heterocycles. The highest BCUT2D eigenvalue weighted by Crippen LogP contribution is 2.30. The van der Waals surface area contributed by atoms with Gasteiger partial charge in [0.2, 0.25) is 0 Å². The minimum absolute atomic E-state index is 0.458. The first kappa shape index (κ1) is 14.3. The normalized spacial score (nSPS) is 14.5. The van der Waals surface area contributed by atoms with Crippen molar-refractivity contribution in [2.45, 2.75) is 19.4 Å². The fraction of sp³-hybridized carbons (Fsp3) is 0.438. The molecule has 1 aromatic carbocycles. The third-order valence-corrected chi connectivity index (χ3v) is 3.17. The first-order valence-corrected chi connectivity index (χ1v) is 6.92. The Balaban J connectivity index is 1.89. The van der Waals surface area contributed by atoms with Gasteiger partial charge in [-0.3, -0.25) is 4.99 Å². The molecule has 0 aliphatic heterocycles. The molecule has 1 aromatic rings. The monoisotopic (exact) mass is 271 g/mol. The van der Waals surface area contributed by atoms with Gasteiger partial charge in [0.15, 0.2) is 5.96 Å². The van der Waals surface area contributed by atoms with Gasteiger partial charge in [0.25, 0.3) is 0 Å². The number of hydrogen-bond donors (Lipinski definition) is 2. The zero-order valence-corrected chi connectivity index (χ0v) is 11.9. The molecular weight excluding hydrogens is 250 g/mol. The molecule has 1 fully saturated rings. The second kappa shape index (κ2) is 7.44. The van der Waals surface area contributed by atoms with Crippen molar-refractivity contribution in [2.75, 3.05) is 20.2 Å². The number of benzene rings is 1. The number of para-hydroxylation sites is 1. The lowest BCUT2D eigenvalue weighted by Gasteiger charge is -2.14. The van der Waals surface area contributed by atoms with Gasteiger partial charge in [0, 0.05) is 19.2 Å². The van der Waals surface area contributed by atoms with Crippen LogP contribution in [0, 0.1) is 18.3 Å². The molecule has 4 nitrogen and oxygen atoms in total. The average Bonchev–Trinajstić information content (AvgIpc) is 3.30. The lowest BCUT2D eigenvalue weighted by molar-refractivity contribution is 0.296. The molecule has 1 aliphatic carbocycles. The van der Waals surface area contributed by atoms with E-state index in [2.05, 4.69) is 27.6 Å². The Kier molecular flexibility index (Phi) is 5.31. The molecule has 106 valence electrons. The molecule has 0 amide bonds. The third kappa shape index (κ3) is 4.51. The molecule has 0 saturated heterocycles. The van der Waals surface area contributed by atoms with E-state index in [4.69, 9.17) is 11.2 Å². The van der Waals surface area contributed by atoms with Crippen molar-refractivity contribution >= 4 is 5.96 Å². The summed E-state index contributed by atoms with van der Waals surface area (Å²) in [6.07, 6.45) is 7.81. The average molecular weight is 271 g/mol. The highest BCUT2D eigenvalue weighted by atomic mass is 16.5. The summed E-state index contributed by atoms with van der Waals surface area (Å²) < 4.78 is 5.88. The highest BCUT2D eigenvalue weighted by molar-refractivity contribution is 5.79. The molecule has 0 unspecified atom stereocenters. The molecule has 2 N–H and O–H groups in total. The van der Waals surface area contributed by atoms with Crippen LogP contribution in [0.15, 0.2) is 29.3 Å². The van der Waals surface area contributed by atoms with Gasteiger partial charge in [-0.15, -0.1) is 6.42 Å². The topological polar surface area (TPSA) is 45.7 Å². The second-order valence-corrected chi connectivity index (χ2v) is 4.85. The molecular formula is C16H21N3O. The molecule has 0 spiro atoms. The molecule has 1 saturated carbocycles. The zero-order chi connectivity index (χ0) is 14.2. The maximum Gasteiger partial charge on any atom is 0.192 e. The molecule has 20 heavy (non-hydrogen) atoms. The van der Waals surface area contributed by atoms with Crippen LogP contribution in [0.3, 0.4) is 0 Å². The van der Waals surface area contributed by atoms with E-state index < -0.39 is 0 Å². The number of rotatable bonds is 6. The number of hydrogen-bond acceptors (Lipinski definition) is 2. The minimum atomic E-state index is 0.458. The van der Waals surface area contributed by atoms with Crippen molar-refractivity contribution in [3.8, 4) is 18.1 Å². The fourth-order valence-corrected chi connectivity index (χ4v) is 1.82. The lowest BCUT2D eigenvalue weighted by Crippen LogP contribution is -2.37. The predicted octanol–water partition coefficient (Wildman–Crippen LogP) is 1.77. The van der Waals surface area contributed by atoms with Crippen molar-refractivity contribution in [2.24, 2.45) is 10.9 Å². The molecule has 2 rings (SSSR count). The van der Waals surface area contributed by atoms with E-state index in [-0.39, 0.29) is 0 Å². The van der Waals surface area contributed by atoms with Crippen LogP contribution < -0.4 is 15.4 Å². The summed E-state index contributed by atoms with van der Waals surface area (Å²) in [6, 6.07) is 8.08. The van der Waals surface area contributed by atoms with Crippen molar-refractivity contribution in [3.63, 3.8) is 0 Å². The molecule has 1 aliphatic rings. The molecule has 0 atom stereocenters. The van der Waals surface area contributed by atoms with Gasteiger partial charge in [-0.25, -0.2) is 0 Å². The van der Waals surface area contributed by atoms with Gasteiger partial charge in [0.05, 0.1) is 13.2 Å². The van der Waals surface area contributed by atoms with Gasteiger partial charge in [-0.05, 0) is 24.8 Å². The summed E-state index contributed by atoms with van der Waals surface area (Å²) >= 11 is 0. The number of nitrogens with zero attached hydrogens (tertiary/aromatic N) is 1. The SMILES string of the molecule is C#CCNC(=NC)NCc1ccccc1OCC1CC1. The summed E-state index contributed by atoms with van der Waals surface area (Å²) in [5, 5.41) is 6.26. The van der Waals surface area contributed by atoms with E-state index in [0.717, 1.165) is 23.8 Å².